The van der Waals surface area contributed by atoms with Crippen LogP contribution < -0.4 is 0 Å². The van der Waals surface area contributed by atoms with Crippen LogP contribution in [0.1, 0.15) is 30.9 Å². The molecule has 0 fully saturated rings. The number of nitrogens with zero attached hydrogens (tertiary/aromatic N) is 3. The molecule has 102 valence electrons. The molecular weight excluding hydrogens is 251 g/mol. The molecule has 0 aromatic carbocycles. The molecule has 1 rings (SSSR count). The lowest BCUT2D eigenvalue weighted by atomic mass is 10.2. The van der Waals surface area contributed by atoms with Crippen LogP contribution >= 0.6 is 0 Å². The van der Waals surface area contributed by atoms with Crippen LogP contribution in [0.15, 0.2) is 0 Å². The summed E-state index contributed by atoms with van der Waals surface area (Å²) in [5.74, 6) is -0.189. The lowest BCUT2D eigenvalue weighted by molar-refractivity contribution is -0.137. The molecule has 0 aliphatic heterocycles. The molecule has 0 unspecified atom stereocenters. The van der Waals surface area contributed by atoms with Gasteiger partial charge in [0.05, 0.1) is 6.42 Å². The van der Waals surface area contributed by atoms with E-state index in [1.54, 1.807) is 6.92 Å². The van der Waals surface area contributed by atoms with Crippen LogP contribution in [0.3, 0.4) is 0 Å². The molecule has 0 atom stereocenters. The monoisotopic (exact) mass is 265 g/mol. The molecule has 18 heavy (non-hydrogen) atoms. The summed E-state index contributed by atoms with van der Waals surface area (Å²) in [6.45, 7) is 1.95. The van der Waals surface area contributed by atoms with Gasteiger partial charge in [0.15, 0.2) is 0 Å². The standard InChI is InChI=1S/C10H14F3N3O2/c1-7-14-15-8(4-5-10(11,12)13)16(7)6-2-3-9(17)18/h2-6H2,1H3,(H,17,18). The van der Waals surface area contributed by atoms with Crippen LogP contribution in [0, 0.1) is 6.92 Å². The van der Waals surface area contributed by atoms with Gasteiger partial charge in [-0.15, -0.1) is 10.2 Å². The highest BCUT2D eigenvalue weighted by molar-refractivity contribution is 5.66. The quantitative estimate of drug-likeness (QED) is 0.853. The zero-order valence-corrected chi connectivity index (χ0v) is 9.87. The van der Waals surface area contributed by atoms with Crippen molar-refractivity contribution in [1.82, 2.24) is 14.8 Å². The number of alkyl halides is 3. The Bertz CT molecular complexity index is 415. The molecule has 0 radical (unpaired) electrons. The van der Waals surface area contributed by atoms with Gasteiger partial charge in [0.25, 0.3) is 0 Å². The molecule has 1 aromatic rings. The number of hydrogen-bond acceptors (Lipinski definition) is 3. The van der Waals surface area contributed by atoms with Crippen LogP contribution in [-0.4, -0.2) is 32.0 Å². The van der Waals surface area contributed by atoms with E-state index in [1.807, 2.05) is 0 Å². The third kappa shape index (κ3) is 4.72. The molecule has 1 aromatic heterocycles. The molecule has 0 saturated heterocycles. The zero-order chi connectivity index (χ0) is 13.8. The maximum Gasteiger partial charge on any atom is 0.389 e. The Kier molecular flexibility index (Phi) is 4.69. The van der Waals surface area contributed by atoms with Crippen molar-refractivity contribution in [3.8, 4) is 0 Å². The zero-order valence-electron chi connectivity index (χ0n) is 9.87. The van der Waals surface area contributed by atoms with E-state index in [9.17, 15) is 18.0 Å². The number of carbonyl (C=O) groups is 1. The summed E-state index contributed by atoms with van der Waals surface area (Å²) in [6.07, 6.45) is -5.11. The van der Waals surface area contributed by atoms with E-state index in [0.717, 1.165) is 0 Å². The largest absolute Gasteiger partial charge is 0.481 e. The van der Waals surface area contributed by atoms with E-state index >= 15 is 0 Å². The molecule has 0 aliphatic carbocycles. The number of aromatic nitrogens is 3. The van der Waals surface area contributed by atoms with Gasteiger partial charge < -0.3 is 9.67 Å². The summed E-state index contributed by atoms with van der Waals surface area (Å²) in [7, 11) is 0. The third-order valence-corrected chi connectivity index (χ3v) is 2.42. The fraction of sp³-hybridized carbons (Fsp3) is 0.700. The Morgan fingerprint density at radius 2 is 2.06 bits per heavy atom. The maximum absolute atomic E-state index is 12.1. The Hall–Kier alpha value is -1.60. The Balaban J connectivity index is 2.60. The first-order chi connectivity index (χ1) is 8.29. The highest BCUT2D eigenvalue weighted by Crippen LogP contribution is 2.21. The molecule has 0 spiro atoms. The average molecular weight is 265 g/mol. The average Bonchev–Trinajstić information content (AvgIpc) is 2.56. The SMILES string of the molecule is Cc1nnc(CCC(F)(F)F)n1CCCC(=O)O. The molecule has 1 heterocycles. The summed E-state index contributed by atoms with van der Waals surface area (Å²) in [4.78, 5) is 10.4. The predicted molar refractivity (Wildman–Crippen MR) is 56.0 cm³/mol. The van der Waals surface area contributed by atoms with E-state index in [2.05, 4.69) is 10.2 Å². The molecule has 8 heteroatoms. The van der Waals surface area contributed by atoms with Gasteiger partial charge in [-0.3, -0.25) is 4.79 Å². The summed E-state index contributed by atoms with van der Waals surface area (Å²) >= 11 is 0. The maximum atomic E-state index is 12.1. The van der Waals surface area contributed by atoms with E-state index in [0.29, 0.717) is 18.8 Å². The predicted octanol–water partition coefficient (Wildman–Crippen LogP) is 1.95. The Labute approximate surface area is 102 Å². The minimum atomic E-state index is -4.23. The van der Waals surface area contributed by atoms with Crippen molar-refractivity contribution in [2.24, 2.45) is 0 Å². The molecule has 0 bridgehead atoms. The van der Waals surface area contributed by atoms with Crippen molar-refractivity contribution in [2.75, 3.05) is 0 Å². The van der Waals surface area contributed by atoms with Crippen molar-refractivity contribution in [1.29, 1.82) is 0 Å². The van der Waals surface area contributed by atoms with E-state index in [-0.39, 0.29) is 18.7 Å². The van der Waals surface area contributed by atoms with Gasteiger partial charge in [-0.05, 0) is 13.3 Å². The van der Waals surface area contributed by atoms with Crippen LogP contribution in [0.4, 0.5) is 13.2 Å². The van der Waals surface area contributed by atoms with Crippen molar-refractivity contribution in [2.45, 2.75) is 45.3 Å². The fourth-order valence-corrected chi connectivity index (χ4v) is 1.54. The molecular formula is C10H14F3N3O2. The van der Waals surface area contributed by atoms with Crippen LogP contribution in [-0.2, 0) is 17.8 Å². The van der Waals surface area contributed by atoms with Crippen LogP contribution in [0.2, 0.25) is 0 Å². The number of aliphatic carboxylic acids is 1. The second-order valence-corrected chi connectivity index (χ2v) is 3.93. The van der Waals surface area contributed by atoms with E-state index < -0.39 is 18.6 Å². The fourth-order valence-electron chi connectivity index (χ4n) is 1.54. The first-order valence-corrected chi connectivity index (χ1v) is 5.47. The van der Waals surface area contributed by atoms with Gasteiger partial charge in [-0.2, -0.15) is 13.2 Å². The normalized spacial score (nSPS) is 11.8. The second-order valence-electron chi connectivity index (χ2n) is 3.93. The number of rotatable bonds is 6. The molecule has 1 N–H and O–H groups in total. The smallest absolute Gasteiger partial charge is 0.389 e. The summed E-state index contributed by atoms with van der Waals surface area (Å²) in [5.41, 5.74) is 0. The number of halogens is 3. The first-order valence-electron chi connectivity index (χ1n) is 5.47. The van der Waals surface area contributed by atoms with Crippen LogP contribution in [0.5, 0.6) is 0 Å². The van der Waals surface area contributed by atoms with Gasteiger partial charge in [0.1, 0.15) is 11.6 Å². The second kappa shape index (κ2) is 5.83. The number of hydrogen-bond donors (Lipinski definition) is 1. The third-order valence-electron chi connectivity index (χ3n) is 2.42. The molecule has 5 nitrogen and oxygen atoms in total. The lowest BCUT2D eigenvalue weighted by Gasteiger charge is -2.09. The molecule has 0 amide bonds. The van der Waals surface area contributed by atoms with Crippen molar-refractivity contribution >= 4 is 5.97 Å². The molecule has 0 saturated carbocycles. The summed E-state index contributed by atoms with van der Waals surface area (Å²) in [5, 5.41) is 15.9. The van der Waals surface area contributed by atoms with E-state index in [1.165, 1.54) is 4.57 Å². The minimum Gasteiger partial charge on any atom is -0.481 e. The van der Waals surface area contributed by atoms with Gasteiger partial charge in [0.2, 0.25) is 0 Å². The summed E-state index contributed by atoms with van der Waals surface area (Å²) in [6, 6.07) is 0. The van der Waals surface area contributed by atoms with Gasteiger partial charge in [0, 0.05) is 19.4 Å². The number of aryl methyl sites for hydroxylation is 2. The van der Waals surface area contributed by atoms with Crippen molar-refractivity contribution in [3.63, 3.8) is 0 Å². The van der Waals surface area contributed by atoms with E-state index in [4.69, 9.17) is 5.11 Å². The number of carboxylic acid groups (broad SMARTS) is 1. The number of carboxylic acids is 1. The minimum absolute atomic E-state index is 0.0314. The molecule has 0 aliphatic rings. The highest BCUT2D eigenvalue weighted by atomic mass is 19.4. The van der Waals surface area contributed by atoms with Gasteiger partial charge in [-0.1, -0.05) is 0 Å². The Morgan fingerprint density at radius 3 is 2.61 bits per heavy atom. The summed E-state index contributed by atoms with van der Waals surface area (Å²) < 4.78 is 37.8. The van der Waals surface area contributed by atoms with Gasteiger partial charge in [-0.25, -0.2) is 0 Å². The van der Waals surface area contributed by atoms with Gasteiger partial charge >= 0.3 is 12.1 Å². The first kappa shape index (κ1) is 14.5. The lowest BCUT2D eigenvalue weighted by Crippen LogP contribution is -2.13. The highest BCUT2D eigenvalue weighted by Gasteiger charge is 2.27. The topological polar surface area (TPSA) is 68.0 Å². The van der Waals surface area contributed by atoms with Crippen LogP contribution in [0.25, 0.3) is 0 Å². The Morgan fingerprint density at radius 1 is 1.39 bits per heavy atom. The van der Waals surface area contributed by atoms with Crippen molar-refractivity contribution in [3.05, 3.63) is 11.6 Å². The van der Waals surface area contributed by atoms with Crippen molar-refractivity contribution < 1.29 is 23.1 Å².